The van der Waals surface area contributed by atoms with Gasteiger partial charge in [-0.05, 0) is 52.7 Å². The molecular weight excluding hydrogens is 270 g/mol. The quantitative estimate of drug-likeness (QED) is 0.852. The zero-order chi connectivity index (χ0) is 15.5. The van der Waals surface area contributed by atoms with E-state index in [0.29, 0.717) is 6.54 Å². The fraction of sp³-hybridized carbons (Fsp3) is 0.688. The molecule has 118 valence electrons. The lowest BCUT2D eigenvalue weighted by molar-refractivity contribution is -0.0544. The van der Waals surface area contributed by atoms with Crippen molar-refractivity contribution in [2.45, 2.75) is 58.3 Å². The second-order valence-electron chi connectivity index (χ2n) is 6.48. The topological polar surface area (TPSA) is 51.9 Å². The molecule has 1 fully saturated rings. The molecule has 0 aromatic carbocycles. The van der Waals surface area contributed by atoms with E-state index in [1.807, 2.05) is 39.8 Å². The second-order valence-corrected chi connectivity index (χ2v) is 6.48. The van der Waals surface area contributed by atoms with Gasteiger partial charge in [-0.2, -0.15) is 0 Å². The molecule has 5 nitrogen and oxygen atoms in total. The SMILES string of the molecule is C[C@H](O[C@H]1CCCN(C(=O)OC(C)(C)C)C1)c1ccco1. The van der Waals surface area contributed by atoms with Crippen molar-refractivity contribution in [1.29, 1.82) is 0 Å². The summed E-state index contributed by atoms with van der Waals surface area (Å²) in [5.74, 6) is 0.810. The Labute approximate surface area is 126 Å². The first-order valence-corrected chi connectivity index (χ1v) is 7.52. The van der Waals surface area contributed by atoms with Gasteiger partial charge in [0.15, 0.2) is 0 Å². The van der Waals surface area contributed by atoms with Crippen LogP contribution in [-0.4, -0.2) is 35.8 Å². The number of piperidine rings is 1. The second kappa shape index (κ2) is 6.52. The van der Waals surface area contributed by atoms with E-state index in [0.717, 1.165) is 25.1 Å². The monoisotopic (exact) mass is 295 g/mol. The lowest BCUT2D eigenvalue weighted by atomic mass is 10.1. The summed E-state index contributed by atoms with van der Waals surface area (Å²) >= 11 is 0. The Morgan fingerprint density at radius 2 is 2.24 bits per heavy atom. The zero-order valence-corrected chi connectivity index (χ0v) is 13.3. The Morgan fingerprint density at radius 3 is 2.86 bits per heavy atom. The Kier molecular flexibility index (Phi) is 4.93. The van der Waals surface area contributed by atoms with E-state index < -0.39 is 5.60 Å². The van der Waals surface area contributed by atoms with Crippen molar-refractivity contribution in [2.24, 2.45) is 0 Å². The Balaban J connectivity index is 1.87. The number of carbonyl (C=O) groups excluding carboxylic acids is 1. The van der Waals surface area contributed by atoms with Crippen molar-refractivity contribution in [1.82, 2.24) is 4.90 Å². The first-order valence-electron chi connectivity index (χ1n) is 7.52. The van der Waals surface area contributed by atoms with Crippen LogP contribution in [0.3, 0.4) is 0 Å². The summed E-state index contributed by atoms with van der Waals surface area (Å²) in [6.07, 6.45) is 3.17. The van der Waals surface area contributed by atoms with Gasteiger partial charge < -0.3 is 18.8 Å². The van der Waals surface area contributed by atoms with Gasteiger partial charge in [0, 0.05) is 6.54 Å². The minimum Gasteiger partial charge on any atom is -0.467 e. The average Bonchev–Trinajstić information content (AvgIpc) is 2.91. The molecular formula is C16H25NO4. The Bertz CT molecular complexity index is 449. The number of hydrogen-bond acceptors (Lipinski definition) is 4. The molecule has 0 spiro atoms. The van der Waals surface area contributed by atoms with Gasteiger partial charge in [0.25, 0.3) is 0 Å². The van der Waals surface area contributed by atoms with Crippen LogP contribution >= 0.6 is 0 Å². The summed E-state index contributed by atoms with van der Waals surface area (Å²) in [6.45, 7) is 8.89. The third-order valence-electron chi connectivity index (χ3n) is 3.37. The van der Waals surface area contributed by atoms with Crippen LogP contribution in [0, 0.1) is 0 Å². The Morgan fingerprint density at radius 1 is 1.48 bits per heavy atom. The fourth-order valence-corrected chi connectivity index (χ4v) is 2.42. The summed E-state index contributed by atoms with van der Waals surface area (Å²) in [6, 6.07) is 3.75. The number of amides is 1. The van der Waals surface area contributed by atoms with Crippen LogP contribution in [0.25, 0.3) is 0 Å². The van der Waals surface area contributed by atoms with Crippen LogP contribution in [0.15, 0.2) is 22.8 Å². The van der Waals surface area contributed by atoms with E-state index >= 15 is 0 Å². The zero-order valence-electron chi connectivity index (χ0n) is 13.3. The summed E-state index contributed by atoms with van der Waals surface area (Å²) in [5.41, 5.74) is -0.466. The first-order chi connectivity index (χ1) is 9.85. The molecule has 0 saturated carbocycles. The molecule has 2 atom stereocenters. The van der Waals surface area contributed by atoms with Gasteiger partial charge in [-0.3, -0.25) is 0 Å². The van der Waals surface area contributed by atoms with Crippen LogP contribution in [0.5, 0.6) is 0 Å². The number of nitrogens with zero attached hydrogens (tertiary/aromatic N) is 1. The number of hydrogen-bond donors (Lipinski definition) is 0. The summed E-state index contributed by atoms with van der Waals surface area (Å²) in [5, 5.41) is 0. The third-order valence-corrected chi connectivity index (χ3v) is 3.37. The molecule has 1 aromatic rings. The van der Waals surface area contributed by atoms with E-state index in [1.54, 1.807) is 11.2 Å². The molecule has 2 heterocycles. The summed E-state index contributed by atoms with van der Waals surface area (Å²) in [4.78, 5) is 13.8. The highest BCUT2D eigenvalue weighted by Crippen LogP contribution is 2.24. The van der Waals surface area contributed by atoms with E-state index in [4.69, 9.17) is 13.9 Å². The molecule has 1 amide bonds. The molecule has 21 heavy (non-hydrogen) atoms. The van der Waals surface area contributed by atoms with Gasteiger partial charge in [-0.1, -0.05) is 0 Å². The van der Waals surface area contributed by atoms with Gasteiger partial charge in [-0.15, -0.1) is 0 Å². The maximum atomic E-state index is 12.1. The lowest BCUT2D eigenvalue weighted by Crippen LogP contribution is -2.45. The highest BCUT2D eigenvalue weighted by atomic mass is 16.6. The van der Waals surface area contributed by atoms with Crippen LogP contribution in [-0.2, 0) is 9.47 Å². The molecule has 0 aliphatic carbocycles. The van der Waals surface area contributed by atoms with Crippen molar-refractivity contribution in [2.75, 3.05) is 13.1 Å². The highest BCUT2D eigenvalue weighted by Gasteiger charge is 2.29. The highest BCUT2D eigenvalue weighted by molar-refractivity contribution is 5.68. The van der Waals surface area contributed by atoms with Crippen LogP contribution in [0.2, 0.25) is 0 Å². The van der Waals surface area contributed by atoms with Crippen LogP contribution < -0.4 is 0 Å². The van der Waals surface area contributed by atoms with Crippen molar-refractivity contribution in [3.8, 4) is 0 Å². The van der Waals surface area contributed by atoms with Crippen molar-refractivity contribution >= 4 is 6.09 Å². The van der Waals surface area contributed by atoms with E-state index in [-0.39, 0.29) is 18.3 Å². The van der Waals surface area contributed by atoms with Gasteiger partial charge in [-0.25, -0.2) is 4.79 Å². The van der Waals surface area contributed by atoms with Crippen LogP contribution in [0.4, 0.5) is 4.79 Å². The lowest BCUT2D eigenvalue weighted by Gasteiger charge is -2.34. The van der Waals surface area contributed by atoms with E-state index in [1.165, 1.54) is 0 Å². The van der Waals surface area contributed by atoms with Crippen LogP contribution in [0.1, 0.15) is 52.4 Å². The maximum Gasteiger partial charge on any atom is 0.410 e. The number of furan rings is 1. The largest absolute Gasteiger partial charge is 0.467 e. The predicted octanol–water partition coefficient (Wildman–Crippen LogP) is 3.76. The summed E-state index contributed by atoms with van der Waals surface area (Å²) in [7, 11) is 0. The summed E-state index contributed by atoms with van der Waals surface area (Å²) < 4.78 is 16.8. The molecule has 0 unspecified atom stereocenters. The number of ether oxygens (including phenoxy) is 2. The number of rotatable bonds is 3. The minimum atomic E-state index is -0.466. The minimum absolute atomic E-state index is 0.0198. The van der Waals surface area contributed by atoms with E-state index in [9.17, 15) is 4.79 Å². The normalized spacial score (nSPS) is 21.1. The maximum absolute atomic E-state index is 12.1. The van der Waals surface area contributed by atoms with Gasteiger partial charge in [0.1, 0.15) is 17.5 Å². The van der Waals surface area contributed by atoms with Crippen molar-refractivity contribution < 1.29 is 18.7 Å². The van der Waals surface area contributed by atoms with E-state index in [2.05, 4.69) is 0 Å². The van der Waals surface area contributed by atoms with Gasteiger partial charge in [0.05, 0.1) is 18.9 Å². The molecule has 1 aromatic heterocycles. The van der Waals surface area contributed by atoms with Crippen molar-refractivity contribution in [3.63, 3.8) is 0 Å². The molecule has 2 rings (SSSR count). The molecule has 5 heteroatoms. The van der Waals surface area contributed by atoms with Gasteiger partial charge in [0.2, 0.25) is 0 Å². The van der Waals surface area contributed by atoms with Gasteiger partial charge >= 0.3 is 6.09 Å². The molecule has 1 aliphatic rings. The number of likely N-dealkylation sites (tertiary alicyclic amines) is 1. The molecule has 0 radical (unpaired) electrons. The predicted molar refractivity (Wildman–Crippen MR) is 79.0 cm³/mol. The first kappa shape index (κ1) is 15.9. The average molecular weight is 295 g/mol. The van der Waals surface area contributed by atoms with Crippen molar-refractivity contribution in [3.05, 3.63) is 24.2 Å². The fourth-order valence-electron chi connectivity index (χ4n) is 2.42. The Hall–Kier alpha value is -1.49. The smallest absolute Gasteiger partial charge is 0.410 e. The molecule has 0 bridgehead atoms. The number of carbonyl (C=O) groups is 1. The third kappa shape index (κ3) is 4.77. The molecule has 0 N–H and O–H groups in total. The molecule has 1 aliphatic heterocycles. The standard InChI is InChI=1S/C16H25NO4/c1-12(14-8-6-10-19-14)20-13-7-5-9-17(11-13)15(18)21-16(2,3)4/h6,8,10,12-13H,5,7,9,11H2,1-4H3/t12-,13-/m0/s1. The molecule has 1 saturated heterocycles.